The van der Waals surface area contributed by atoms with E-state index in [1.54, 1.807) is 24.3 Å². The van der Waals surface area contributed by atoms with E-state index in [4.69, 9.17) is 4.99 Å². The van der Waals surface area contributed by atoms with Crippen LogP contribution in [0.25, 0.3) is 5.69 Å². The third kappa shape index (κ3) is 3.30. The third-order valence-electron chi connectivity index (χ3n) is 6.11. The van der Waals surface area contributed by atoms with Crippen LogP contribution in [0.5, 0.6) is 0 Å². The Labute approximate surface area is 203 Å². The molecule has 3 aromatic carbocycles. The monoisotopic (exact) mass is 511 g/mol. The van der Waals surface area contributed by atoms with Gasteiger partial charge in [0, 0.05) is 28.6 Å². The predicted octanol–water partition coefficient (Wildman–Crippen LogP) is 4.22. The average molecular weight is 512 g/mol. The maximum atomic E-state index is 12.8. The molecule has 0 saturated heterocycles. The van der Waals surface area contributed by atoms with Crippen molar-refractivity contribution in [3.05, 3.63) is 111 Å². The SMILES string of the molecule is O=C1c2ccccc2C(=O)N1CCc1nnc2n1-c1ccc(Br)cc1C(c1ccccc1)=NC2. The third-order valence-corrected chi connectivity index (χ3v) is 6.61. The minimum atomic E-state index is -0.268. The summed E-state index contributed by atoms with van der Waals surface area (Å²) in [6, 6.07) is 23.0. The van der Waals surface area contributed by atoms with Crippen LogP contribution in [0, 0.1) is 0 Å². The summed E-state index contributed by atoms with van der Waals surface area (Å²) >= 11 is 3.59. The first-order valence-electron chi connectivity index (χ1n) is 10.9. The first kappa shape index (κ1) is 20.7. The van der Waals surface area contributed by atoms with Crippen LogP contribution in [0.15, 0.2) is 82.3 Å². The molecule has 6 rings (SSSR count). The lowest BCUT2D eigenvalue weighted by atomic mass is 10.0. The van der Waals surface area contributed by atoms with E-state index in [2.05, 4.69) is 26.1 Å². The number of fused-ring (bicyclic) bond motifs is 4. The Balaban J connectivity index is 1.36. The Bertz CT molecular complexity index is 1460. The Morgan fingerprint density at radius 2 is 1.53 bits per heavy atom. The van der Waals surface area contributed by atoms with E-state index >= 15 is 0 Å². The maximum Gasteiger partial charge on any atom is 0.261 e. The summed E-state index contributed by atoms with van der Waals surface area (Å²) in [5.74, 6) is 0.858. The van der Waals surface area contributed by atoms with Crippen molar-refractivity contribution in [2.24, 2.45) is 4.99 Å². The molecule has 0 fully saturated rings. The zero-order valence-electron chi connectivity index (χ0n) is 18.0. The summed E-state index contributed by atoms with van der Waals surface area (Å²) in [5.41, 5.74) is 4.68. The molecule has 0 bridgehead atoms. The molecule has 0 radical (unpaired) electrons. The van der Waals surface area contributed by atoms with E-state index in [1.807, 2.05) is 53.1 Å². The quantitative estimate of drug-likeness (QED) is 0.384. The van der Waals surface area contributed by atoms with Crippen molar-refractivity contribution in [3.63, 3.8) is 0 Å². The summed E-state index contributed by atoms with van der Waals surface area (Å²) in [7, 11) is 0. The molecule has 1 aromatic heterocycles. The molecule has 0 N–H and O–H groups in total. The Kier molecular flexibility index (Phi) is 4.95. The zero-order chi connectivity index (χ0) is 23.2. The summed E-state index contributed by atoms with van der Waals surface area (Å²) in [6.07, 6.45) is 0.384. The molecule has 166 valence electrons. The van der Waals surface area contributed by atoms with Gasteiger partial charge in [0.25, 0.3) is 11.8 Å². The fourth-order valence-corrected chi connectivity index (χ4v) is 4.88. The smallest absolute Gasteiger partial charge is 0.261 e. The first-order chi connectivity index (χ1) is 16.6. The molecular weight excluding hydrogens is 494 g/mol. The fraction of sp³-hybridized carbons (Fsp3) is 0.115. The van der Waals surface area contributed by atoms with E-state index in [0.29, 0.717) is 35.7 Å². The highest BCUT2D eigenvalue weighted by Gasteiger charge is 2.35. The lowest BCUT2D eigenvalue weighted by Crippen LogP contribution is -2.32. The second-order valence-electron chi connectivity index (χ2n) is 8.12. The van der Waals surface area contributed by atoms with Gasteiger partial charge in [0.2, 0.25) is 0 Å². The Morgan fingerprint density at radius 3 is 2.26 bits per heavy atom. The number of halogens is 1. The number of nitrogens with zero attached hydrogens (tertiary/aromatic N) is 5. The van der Waals surface area contributed by atoms with Crippen molar-refractivity contribution >= 4 is 33.5 Å². The van der Waals surface area contributed by atoms with E-state index in [1.165, 1.54) is 4.90 Å². The van der Waals surface area contributed by atoms with Crippen molar-refractivity contribution in [1.29, 1.82) is 0 Å². The normalized spacial score (nSPS) is 14.4. The number of carbonyl (C=O) groups is 2. The number of benzene rings is 3. The van der Waals surface area contributed by atoms with Gasteiger partial charge >= 0.3 is 0 Å². The lowest BCUT2D eigenvalue weighted by molar-refractivity contribution is 0.0655. The highest BCUT2D eigenvalue weighted by Crippen LogP contribution is 2.29. The number of rotatable bonds is 4. The predicted molar refractivity (Wildman–Crippen MR) is 130 cm³/mol. The van der Waals surface area contributed by atoms with Gasteiger partial charge in [-0.15, -0.1) is 10.2 Å². The van der Waals surface area contributed by atoms with Crippen LogP contribution in [0.1, 0.15) is 43.5 Å². The van der Waals surface area contributed by atoms with Crippen LogP contribution in [0.4, 0.5) is 0 Å². The number of imide groups is 1. The molecule has 4 aromatic rings. The van der Waals surface area contributed by atoms with Gasteiger partial charge in [0.05, 0.1) is 22.5 Å². The van der Waals surface area contributed by atoms with Crippen molar-refractivity contribution in [2.45, 2.75) is 13.0 Å². The largest absolute Gasteiger partial charge is 0.281 e. The van der Waals surface area contributed by atoms with Crippen LogP contribution in [-0.4, -0.2) is 43.7 Å². The minimum absolute atomic E-state index is 0.225. The van der Waals surface area contributed by atoms with Crippen molar-refractivity contribution in [3.8, 4) is 5.69 Å². The summed E-state index contributed by atoms with van der Waals surface area (Å²) in [6.45, 7) is 0.597. The fourth-order valence-electron chi connectivity index (χ4n) is 4.52. The second-order valence-corrected chi connectivity index (χ2v) is 9.03. The number of amides is 2. The number of aromatic nitrogens is 3. The molecule has 3 heterocycles. The van der Waals surface area contributed by atoms with Gasteiger partial charge in [0.1, 0.15) is 12.4 Å². The van der Waals surface area contributed by atoms with E-state index in [0.717, 1.165) is 27.0 Å². The number of aliphatic imine (C=N–C) groups is 1. The van der Waals surface area contributed by atoms with E-state index in [-0.39, 0.29) is 18.4 Å². The average Bonchev–Trinajstić information content (AvgIpc) is 3.31. The molecule has 0 atom stereocenters. The van der Waals surface area contributed by atoms with Gasteiger partial charge in [-0.1, -0.05) is 58.4 Å². The van der Waals surface area contributed by atoms with Crippen LogP contribution in [0.3, 0.4) is 0 Å². The van der Waals surface area contributed by atoms with Gasteiger partial charge in [-0.3, -0.25) is 24.0 Å². The summed E-state index contributed by atoms with van der Waals surface area (Å²) in [4.78, 5) is 31.7. The Morgan fingerprint density at radius 1 is 0.824 bits per heavy atom. The van der Waals surface area contributed by atoms with Crippen LogP contribution < -0.4 is 0 Å². The molecule has 0 saturated carbocycles. The minimum Gasteiger partial charge on any atom is -0.281 e. The first-order valence-corrected chi connectivity index (χ1v) is 11.7. The summed E-state index contributed by atoms with van der Waals surface area (Å²) in [5, 5.41) is 8.80. The molecule has 2 aliphatic heterocycles. The van der Waals surface area contributed by atoms with Gasteiger partial charge in [-0.05, 0) is 30.3 Å². The molecular formula is C26H18BrN5O2. The highest BCUT2D eigenvalue weighted by molar-refractivity contribution is 9.10. The van der Waals surface area contributed by atoms with Crippen LogP contribution in [-0.2, 0) is 13.0 Å². The van der Waals surface area contributed by atoms with Crippen LogP contribution >= 0.6 is 15.9 Å². The van der Waals surface area contributed by atoms with Gasteiger partial charge in [0.15, 0.2) is 5.82 Å². The van der Waals surface area contributed by atoms with Crippen molar-refractivity contribution < 1.29 is 9.59 Å². The standard InChI is InChI=1S/C26H18BrN5O2/c27-17-10-11-21-20(14-17)24(16-6-2-1-3-7-16)28-15-23-30-29-22(32(21)23)12-13-31-25(33)18-8-4-5-9-19(18)26(31)34/h1-11,14H,12-13,15H2. The number of hydrogen-bond donors (Lipinski definition) is 0. The molecule has 2 aliphatic rings. The number of hydrogen-bond acceptors (Lipinski definition) is 5. The molecule has 2 amide bonds. The summed E-state index contributed by atoms with van der Waals surface area (Å²) < 4.78 is 2.94. The molecule has 0 spiro atoms. The van der Waals surface area contributed by atoms with Gasteiger partial charge < -0.3 is 0 Å². The maximum absolute atomic E-state index is 12.8. The topological polar surface area (TPSA) is 80.5 Å². The lowest BCUT2D eigenvalue weighted by Gasteiger charge is -2.16. The molecule has 34 heavy (non-hydrogen) atoms. The number of carbonyl (C=O) groups excluding carboxylic acids is 2. The molecule has 0 unspecified atom stereocenters. The van der Waals surface area contributed by atoms with Crippen LogP contribution in [0.2, 0.25) is 0 Å². The van der Waals surface area contributed by atoms with E-state index < -0.39 is 0 Å². The molecule has 7 nitrogen and oxygen atoms in total. The van der Waals surface area contributed by atoms with Crippen molar-refractivity contribution in [1.82, 2.24) is 19.7 Å². The molecule has 0 aliphatic carbocycles. The van der Waals surface area contributed by atoms with Crippen molar-refractivity contribution in [2.75, 3.05) is 6.54 Å². The Hall–Kier alpha value is -3.91. The molecule has 8 heteroatoms. The second kappa shape index (κ2) is 8.14. The van der Waals surface area contributed by atoms with Gasteiger partial charge in [-0.25, -0.2) is 0 Å². The zero-order valence-corrected chi connectivity index (χ0v) is 19.6. The highest BCUT2D eigenvalue weighted by atomic mass is 79.9. The van der Waals surface area contributed by atoms with E-state index in [9.17, 15) is 9.59 Å². The van der Waals surface area contributed by atoms with Gasteiger partial charge in [-0.2, -0.15) is 0 Å².